The fraction of sp³-hybridized carbons (Fsp3) is 0.308. The fourth-order valence-corrected chi connectivity index (χ4v) is 1.69. The summed E-state index contributed by atoms with van der Waals surface area (Å²) in [5.41, 5.74) is 6.82. The Kier molecular flexibility index (Phi) is 2.90. The minimum atomic E-state index is -0.393. The molecular formula is C13H17N3O. The first-order chi connectivity index (χ1) is 8.03. The molecule has 2 aromatic rings. The lowest BCUT2D eigenvalue weighted by Crippen LogP contribution is -2.48. The van der Waals surface area contributed by atoms with Crippen LogP contribution in [-0.4, -0.2) is 23.0 Å². The Hall–Kier alpha value is -1.81. The van der Waals surface area contributed by atoms with Gasteiger partial charge in [-0.25, -0.2) is 0 Å². The second-order valence-electron chi connectivity index (χ2n) is 4.79. The van der Waals surface area contributed by atoms with E-state index in [4.69, 9.17) is 5.73 Å². The van der Waals surface area contributed by atoms with E-state index >= 15 is 0 Å². The van der Waals surface area contributed by atoms with Crippen molar-refractivity contribution in [3.05, 3.63) is 36.0 Å². The molecule has 4 heteroatoms. The van der Waals surface area contributed by atoms with Gasteiger partial charge in [0.15, 0.2) is 0 Å². The molecule has 0 aliphatic heterocycles. The Morgan fingerprint density at radius 1 is 1.41 bits per heavy atom. The number of aromatic amines is 1. The molecule has 1 heterocycles. The van der Waals surface area contributed by atoms with Gasteiger partial charge in [0.1, 0.15) is 0 Å². The number of hydrogen-bond donors (Lipinski definition) is 3. The molecule has 0 aliphatic carbocycles. The fourth-order valence-electron chi connectivity index (χ4n) is 1.69. The molecule has 90 valence electrons. The van der Waals surface area contributed by atoms with Gasteiger partial charge in [0.05, 0.1) is 5.56 Å². The van der Waals surface area contributed by atoms with E-state index in [1.54, 1.807) is 6.20 Å². The molecule has 0 saturated heterocycles. The van der Waals surface area contributed by atoms with Crippen molar-refractivity contribution >= 4 is 16.8 Å². The van der Waals surface area contributed by atoms with E-state index in [1.807, 2.05) is 38.1 Å². The number of aromatic nitrogens is 1. The number of amides is 1. The Labute approximate surface area is 100 Å². The van der Waals surface area contributed by atoms with Gasteiger partial charge < -0.3 is 16.0 Å². The number of rotatable bonds is 3. The summed E-state index contributed by atoms with van der Waals surface area (Å²) in [7, 11) is 0. The van der Waals surface area contributed by atoms with Gasteiger partial charge in [-0.3, -0.25) is 4.79 Å². The quantitative estimate of drug-likeness (QED) is 0.751. The lowest BCUT2D eigenvalue weighted by atomic mass is 10.1. The number of fused-ring (bicyclic) bond motifs is 1. The maximum absolute atomic E-state index is 12.1. The van der Waals surface area contributed by atoms with Crippen molar-refractivity contribution in [2.75, 3.05) is 6.54 Å². The first-order valence-electron chi connectivity index (χ1n) is 5.62. The zero-order chi connectivity index (χ0) is 12.5. The monoisotopic (exact) mass is 231 g/mol. The average molecular weight is 231 g/mol. The van der Waals surface area contributed by atoms with E-state index in [1.165, 1.54) is 0 Å². The number of nitrogens with one attached hydrogen (secondary N) is 2. The molecular weight excluding hydrogens is 214 g/mol. The van der Waals surface area contributed by atoms with Crippen LogP contribution in [0.25, 0.3) is 10.9 Å². The summed E-state index contributed by atoms with van der Waals surface area (Å²) in [6.07, 6.45) is 1.73. The average Bonchev–Trinajstić information content (AvgIpc) is 2.72. The van der Waals surface area contributed by atoms with Crippen molar-refractivity contribution in [3.63, 3.8) is 0 Å². The SMILES string of the molecule is CC(C)(CN)NC(=O)c1c[nH]c2ccccc12. The minimum absolute atomic E-state index is 0.0992. The van der Waals surface area contributed by atoms with Gasteiger partial charge in [-0.15, -0.1) is 0 Å². The predicted molar refractivity (Wildman–Crippen MR) is 68.9 cm³/mol. The van der Waals surface area contributed by atoms with E-state index in [-0.39, 0.29) is 5.91 Å². The molecule has 1 aromatic heterocycles. The Balaban J connectivity index is 2.31. The van der Waals surface area contributed by atoms with Gasteiger partial charge in [0.25, 0.3) is 5.91 Å². The van der Waals surface area contributed by atoms with Crippen molar-refractivity contribution < 1.29 is 4.79 Å². The highest BCUT2D eigenvalue weighted by Crippen LogP contribution is 2.18. The summed E-state index contributed by atoms with van der Waals surface area (Å²) in [6, 6.07) is 7.72. The number of nitrogens with two attached hydrogens (primary N) is 1. The standard InChI is InChI=1S/C13H17N3O/c1-13(2,8-14)16-12(17)10-7-15-11-6-4-3-5-9(10)11/h3-7,15H,8,14H2,1-2H3,(H,16,17). The molecule has 1 aromatic carbocycles. The molecule has 0 atom stereocenters. The van der Waals surface area contributed by atoms with Gasteiger partial charge in [-0.05, 0) is 19.9 Å². The number of carbonyl (C=O) groups excluding carboxylic acids is 1. The molecule has 0 spiro atoms. The summed E-state index contributed by atoms with van der Waals surface area (Å²) >= 11 is 0. The minimum Gasteiger partial charge on any atom is -0.360 e. The molecule has 0 saturated carbocycles. The number of carbonyl (C=O) groups is 1. The van der Waals surface area contributed by atoms with Crippen molar-refractivity contribution in [1.29, 1.82) is 0 Å². The second-order valence-corrected chi connectivity index (χ2v) is 4.79. The van der Waals surface area contributed by atoms with Crippen LogP contribution < -0.4 is 11.1 Å². The molecule has 1 amide bonds. The normalized spacial score (nSPS) is 11.7. The zero-order valence-corrected chi connectivity index (χ0v) is 10.1. The van der Waals surface area contributed by atoms with Crippen molar-refractivity contribution in [1.82, 2.24) is 10.3 Å². The number of H-pyrrole nitrogens is 1. The third kappa shape index (κ3) is 2.31. The Morgan fingerprint density at radius 2 is 2.12 bits per heavy atom. The van der Waals surface area contributed by atoms with Crippen molar-refractivity contribution in [2.24, 2.45) is 5.73 Å². The van der Waals surface area contributed by atoms with Gasteiger partial charge in [-0.2, -0.15) is 0 Å². The Morgan fingerprint density at radius 3 is 2.82 bits per heavy atom. The van der Waals surface area contributed by atoms with Crippen LogP contribution in [0, 0.1) is 0 Å². The predicted octanol–water partition coefficient (Wildman–Crippen LogP) is 1.63. The molecule has 2 rings (SSSR count). The highest BCUT2D eigenvalue weighted by Gasteiger charge is 2.20. The third-order valence-electron chi connectivity index (χ3n) is 2.80. The van der Waals surface area contributed by atoms with Crippen LogP contribution in [0.1, 0.15) is 24.2 Å². The molecule has 0 radical (unpaired) electrons. The lowest BCUT2D eigenvalue weighted by molar-refractivity contribution is 0.0917. The molecule has 17 heavy (non-hydrogen) atoms. The highest BCUT2D eigenvalue weighted by atomic mass is 16.1. The summed E-state index contributed by atoms with van der Waals surface area (Å²) in [5, 5.41) is 3.85. The smallest absolute Gasteiger partial charge is 0.253 e. The number of para-hydroxylation sites is 1. The van der Waals surface area contributed by atoms with E-state index in [0.29, 0.717) is 12.1 Å². The van der Waals surface area contributed by atoms with Crippen LogP contribution in [-0.2, 0) is 0 Å². The maximum Gasteiger partial charge on any atom is 0.253 e. The highest BCUT2D eigenvalue weighted by molar-refractivity contribution is 6.06. The molecule has 4 N–H and O–H groups in total. The summed E-state index contributed by atoms with van der Waals surface area (Å²) < 4.78 is 0. The second kappa shape index (κ2) is 4.22. The van der Waals surface area contributed by atoms with Crippen LogP contribution >= 0.6 is 0 Å². The van der Waals surface area contributed by atoms with E-state index in [9.17, 15) is 4.79 Å². The van der Waals surface area contributed by atoms with E-state index in [0.717, 1.165) is 10.9 Å². The third-order valence-corrected chi connectivity index (χ3v) is 2.80. The summed E-state index contributed by atoms with van der Waals surface area (Å²) in [5.74, 6) is -0.0992. The van der Waals surface area contributed by atoms with Crippen LogP contribution in [0.4, 0.5) is 0 Å². The molecule has 0 bridgehead atoms. The van der Waals surface area contributed by atoms with Crippen LogP contribution in [0.5, 0.6) is 0 Å². The van der Waals surface area contributed by atoms with Crippen molar-refractivity contribution in [2.45, 2.75) is 19.4 Å². The molecule has 0 aliphatic rings. The molecule has 4 nitrogen and oxygen atoms in total. The topological polar surface area (TPSA) is 70.9 Å². The van der Waals surface area contributed by atoms with Gasteiger partial charge >= 0.3 is 0 Å². The van der Waals surface area contributed by atoms with Gasteiger partial charge in [-0.1, -0.05) is 18.2 Å². The number of benzene rings is 1. The van der Waals surface area contributed by atoms with Gasteiger partial charge in [0.2, 0.25) is 0 Å². The largest absolute Gasteiger partial charge is 0.360 e. The first kappa shape index (κ1) is 11.7. The van der Waals surface area contributed by atoms with E-state index < -0.39 is 5.54 Å². The van der Waals surface area contributed by atoms with Crippen LogP contribution in [0.2, 0.25) is 0 Å². The lowest BCUT2D eigenvalue weighted by Gasteiger charge is -2.23. The van der Waals surface area contributed by atoms with Gasteiger partial charge in [0, 0.05) is 29.2 Å². The van der Waals surface area contributed by atoms with Crippen LogP contribution in [0.3, 0.4) is 0 Å². The maximum atomic E-state index is 12.1. The number of hydrogen-bond acceptors (Lipinski definition) is 2. The van der Waals surface area contributed by atoms with Crippen LogP contribution in [0.15, 0.2) is 30.5 Å². The molecule has 0 unspecified atom stereocenters. The molecule has 0 fully saturated rings. The van der Waals surface area contributed by atoms with Crippen molar-refractivity contribution in [3.8, 4) is 0 Å². The summed E-state index contributed by atoms with van der Waals surface area (Å²) in [6.45, 7) is 4.21. The Bertz CT molecular complexity index is 542. The van der Waals surface area contributed by atoms with E-state index in [2.05, 4.69) is 10.3 Å². The zero-order valence-electron chi connectivity index (χ0n) is 10.1. The first-order valence-corrected chi connectivity index (χ1v) is 5.62. The summed E-state index contributed by atoms with van der Waals surface area (Å²) in [4.78, 5) is 15.2.